The number of pyridine rings is 1. The molecule has 0 aliphatic carbocycles. The van der Waals surface area contributed by atoms with E-state index in [2.05, 4.69) is 9.72 Å². The van der Waals surface area contributed by atoms with Gasteiger partial charge in [0.15, 0.2) is 5.69 Å². The Bertz CT molecular complexity index is 657. The number of methoxy groups -OCH3 is 2. The van der Waals surface area contributed by atoms with Gasteiger partial charge in [0.25, 0.3) is 0 Å². The Hall–Kier alpha value is -2.01. The van der Waals surface area contributed by atoms with Gasteiger partial charge in [-0.1, -0.05) is 11.6 Å². The number of esters is 1. The molecule has 6 heteroatoms. The van der Waals surface area contributed by atoms with E-state index in [1.807, 2.05) is 6.92 Å². The van der Waals surface area contributed by atoms with Crippen LogP contribution in [0.15, 0.2) is 18.2 Å². The summed E-state index contributed by atoms with van der Waals surface area (Å²) in [6, 6.07) is 4.90. The molecule has 0 unspecified atom stereocenters. The van der Waals surface area contributed by atoms with Crippen molar-refractivity contribution in [1.29, 1.82) is 0 Å². The van der Waals surface area contributed by atoms with E-state index in [1.165, 1.54) is 14.2 Å². The summed E-state index contributed by atoms with van der Waals surface area (Å²) in [5, 5.41) is 1.17. The Morgan fingerprint density at radius 2 is 2.00 bits per heavy atom. The van der Waals surface area contributed by atoms with E-state index >= 15 is 0 Å². The Morgan fingerprint density at radius 1 is 1.25 bits per heavy atom. The Morgan fingerprint density at radius 3 is 2.60 bits per heavy atom. The van der Waals surface area contributed by atoms with Gasteiger partial charge in [0.2, 0.25) is 0 Å². The van der Waals surface area contributed by atoms with E-state index in [-0.39, 0.29) is 5.69 Å². The van der Waals surface area contributed by atoms with Crippen LogP contribution in [0.4, 0.5) is 0 Å². The van der Waals surface area contributed by atoms with Crippen molar-refractivity contribution in [1.82, 2.24) is 4.98 Å². The lowest BCUT2D eigenvalue weighted by Gasteiger charge is -2.11. The SMILES string of the molecule is CCOc1cc(C(=O)OC)nc2cc(OC)c(Cl)cc12. The molecule has 0 spiro atoms. The second-order valence-electron chi connectivity index (χ2n) is 3.93. The summed E-state index contributed by atoms with van der Waals surface area (Å²) in [7, 11) is 2.82. The van der Waals surface area contributed by atoms with E-state index in [0.717, 1.165) is 0 Å². The van der Waals surface area contributed by atoms with Crippen LogP contribution in [0.3, 0.4) is 0 Å². The zero-order valence-electron chi connectivity index (χ0n) is 11.4. The molecule has 2 aromatic rings. The third kappa shape index (κ3) is 2.63. The minimum Gasteiger partial charge on any atom is -0.495 e. The zero-order chi connectivity index (χ0) is 14.7. The van der Waals surface area contributed by atoms with Crippen molar-refractivity contribution >= 4 is 28.5 Å². The molecule has 0 saturated heterocycles. The number of benzene rings is 1. The Balaban J connectivity index is 2.71. The van der Waals surface area contributed by atoms with Gasteiger partial charge in [0.1, 0.15) is 11.5 Å². The number of carbonyl (C=O) groups is 1. The highest BCUT2D eigenvalue weighted by atomic mass is 35.5. The average molecular weight is 296 g/mol. The van der Waals surface area contributed by atoms with Gasteiger partial charge in [-0.05, 0) is 13.0 Å². The lowest BCUT2D eigenvalue weighted by atomic mass is 10.1. The fourth-order valence-electron chi connectivity index (χ4n) is 1.84. The summed E-state index contributed by atoms with van der Waals surface area (Å²) in [6.07, 6.45) is 0. The van der Waals surface area contributed by atoms with Crippen LogP contribution in [0, 0.1) is 0 Å². The highest BCUT2D eigenvalue weighted by Crippen LogP contribution is 2.34. The van der Waals surface area contributed by atoms with Crippen LogP contribution in [0.2, 0.25) is 5.02 Å². The van der Waals surface area contributed by atoms with E-state index in [0.29, 0.717) is 34.0 Å². The van der Waals surface area contributed by atoms with E-state index < -0.39 is 5.97 Å². The fourth-order valence-corrected chi connectivity index (χ4v) is 2.08. The summed E-state index contributed by atoms with van der Waals surface area (Å²) >= 11 is 6.11. The summed E-state index contributed by atoms with van der Waals surface area (Å²) < 4.78 is 15.4. The van der Waals surface area contributed by atoms with Crippen molar-refractivity contribution in [2.45, 2.75) is 6.92 Å². The number of fused-ring (bicyclic) bond motifs is 1. The number of carbonyl (C=O) groups excluding carboxylic acids is 1. The maximum Gasteiger partial charge on any atom is 0.356 e. The van der Waals surface area contributed by atoms with Crippen LogP contribution in [0.5, 0.6) is 11.5 Å². The van der Waals surface area contributed by atoms with Gasteiger partial charge >= 0.3 is 5.97 Å². The maximum absolute atomic E-state index is 11.6. The quantitative estimate of drug-likeness (QED) is 0.811. The molecule has 0 atom stereocenters. The first kappa shape index (κ1) is 14.4. The number of hydrogen-bond donors (Lipinski definition) is 0. The second kappa shape index (κ2) is 5.96. The van der Waals surface area contributed by atoms with Crippen molar-refractivity contribution in [3.8, 4) is 11.5 Å². The van der Waals surface area contributed by atoms with Crippen LogP contribution in [0.25, 0.3) is 10.9 Å². The summed E-state index contributed by atoms with van der Waals surface area (Å²) in [6.45, 7) is 2.32. The first-order valence-electron chi connectivity index (χ1n) is 6.00. The summed E-state index contributed by atoms with van der Waals surface area (Å²) in [5.41, 5.74) is 0.727. The van der Waals surface area contributed by atoms with Gasteiger partial charge in [-0.3, -0.25) is 0 Å². The summed E-state index contributed by atoms with van der Waals surface area (Å²) in [4.78, 5) is 15.9. The van der Waals surface area contributed by atoms with Crippen molar-refractivity contribution < 1.29 is 19.0 Å². The predicted octanol–water partition coefficient (Wildman–Crippen LogP) is 3.08. The number of aromatic nitrogens is 1. The molecule has 0 N–H and O–H groups in total. The monoisotopic (exact) mass is 295 g/mol. The predicted molar refractivity (Wildman–Crippen MR) is 75.8 cm³/mol. The molecule has 106 valence electrons. The van der Waals surface area contributed by atoms with Crippen molar-refractivity contribution in [2.75, 3.05) is 20.8 Å². The van der Waals surface area contributed by atoms with Gasteiger partial charge in [0.05, 0.1) is 31.4 Å². The van der Waals surface area contributed by atoms with Crippen molar-refractivity contribution in [3.05, 3.63) is 28.9 Å². The number of rotatable bonds is 4. The number of hydrogen-bond acceptors (Lipinski definition) is 5. The highest BCUT2D eigenvalue weighted by molar-refractivity contribution is 6.33. The maximum atomic E-state index is 11.6. The first-order chi connectivity index (χ1) is 9.60. The van der Waals surface area contributed by atoms with Gasteiger partial charge in [-0.25, -0.2) is 9.78 Å². The number of ether oxygens (including phenoxy) is 3. The van der Waals surface area contributed by atoms with Crippen molar-refractivity contribution in [3.63, 3.8) is 0 Å². The molecular weight excluding hydrogens is 282 g/mol. The van der Waals surface area contributed by atoms with Crippen LogP contribution in [-0.4, -0.2) is 31.8 Å². The Labute approximate surface area is 121 Å². The number of nitrogens with zero attached hydrogens (tertiary/aromatic N) is 1. The first-order valence-corrected chi connectivity index (χ1v) is 6.37. The van der Waals surface area contributed by atoms with Gasteiger partial charge in [-0.2, -0.15) is 0 Å². The molecule has 0 saturated carbocycles. The van der Waals surface area contributed by atoms with Crippen LogP contribution in [-0.2, 0) is 4.74 Å². The molecule has 0 amide bonds. The molecule has 0 aliphatic heterocycles. The van der Waals surface area contributed by atoms with E-state index in [1.54, 1.807) is 18.2 Å². The largest absolute Gasteiger partial charge is 0.495 e. The van der Waals surface area contributed by atoms with Crippen LogP contribution in [0.1, 0.15) is 17.4 Å². The minimum atomic E-state index is -0.526. The van der Waals surface area contributed by atoms with Crippen LogP contribution >= 0.6 is 11.6 Å². The molecule has 1 aromatic carbocycles. The molecule has 1 aromatic heterocycles. The van der Waals surface area contributed by atoms with E-state index in [4.69, 9.17) is 21.1 Å². The lowest BCUT2D eigenvalue weighted by Crippen LogP contribution is -2.06. The van der Waals surface area contributed by atoms with Crippen molar-refractivity contribution in [2.24, 2.45) is 0 Å². The average Bonchev–Trinajstić information content (AvgIpc) is 2.46. The van der Waals surface area contributed by atoms with Gasteiger partial charge < -0.3 is 14.2 Å². The molecule has 0 radical (unpaired) electrons. The topological polar surface area (TPSA) is 57.7 Å². The fraction of sp³-hybridized carbons (Fsp3) is 0.286. The standard InChI is InChI=1S/C14H14ClNO4/c1-4-20-12-7-11(14(17)19-3)16-10-6-13(18-2)9(15)5-8(10)12/h5-7H,4H2,1-3H3. The molecular formula is C14H14ClNO4. The minimum absolute atomic E-state index is 0.174. The van der Waals surface area contributed by atoms with Gasteiger partial charge in [0, 0.05) is 17.5 Å². The highest BCUT2D eigenvalue weighted by Gasteiger charge is 2.15. The van der Waals surface area contributed by atoms with Gasteiger partial charge in [-0.15, -0.1) is 0 Å². The smallest absolute Gasteiger partial charge is 0.356 e. The third-order valence-corrected chi connectivity index (χ3v) is 3.03. The third-order valence-electron chi connectivity index (χ3n) is 2.74. The molecule has 0 aliphatic rings. The van der Waals surface area contributed by atoms with E-state index in [9.17, 15) is 4.79 Å². The molecule has 20 heavy (non-hydrogen) atoms. The normalized spacial score (nSPS) is 10.4. The molecule has 5 nitrogen and oxygen atoms in total. The molecule has 0 fully saturated rings. The molecule has 2 rings (SSSR count). The zero-order valence-corrected chi connectivity index (χ0v) is 12.2. The lowest BCUT2D eigenvalue weighted by molar-refractivity contribution is 0.0594. The molecule has 0 bridgehead atoms. The number of halogens is 1. The Kier molecular flexibility index (Phi) is 4.29. The molecule has 1 heterocycles. The second-order valence-corrected chi connectivity index (χ2v) is 4.34. The summed E-state index contributed by atoms with van der Waals surface area (Å²) in [5.74, 6) is 0.486. The van der Waals surface area contributed by atoms with Crippen LogP contribution < -0.4 is 9.47 Å².